The fourth-order valence-electron chi connectivity index (χ4n) is 2.86. The van der Waals surface area contributed by atoms with E-state index in [1.54, 1.807) is 24.3 Å². The zero-order valence-corrected chi connectivity index (χ0v) is 11.7. The molecule has 0 spiro atoms. The van der Waals surface area contributed by atoms with Gasteiger partial charge in [0.25, 0.3) is 5.56 Å². The number of aromatic amines is 1. The van der Waals surface area contributed by atoms with Crippen molar-refractivity contribution in [3.05, 3.63) is 51.2 Å². The Morgan fingerprint density at radius 2 is 1.95 bits per heavy atom. The van der Waals surface area contributed by atoms with Gasteiger partial charge in [-0.25, -0.2) is 4.79 Å². The molecule has 1 fully saturated rings. The Morgan fingerprint density at radius 3 is 2.57 bits per heavy atom. The number of nitrogens with zero attached hydrogens (tertiary/aromatic N) is 2. The Bertz CT molecular complexity index is 764. The maximum atomic E-state index is 12.1. The molecule has 2 N–H and O–H groups in total. The molecule has 1 aliphatic heterocycles. The lowest BCUT2D eigenvalue weighted by Gasteiger charge is -2.17. The van der Waals surface area contributed by atoms with Crippen molar-refractivity contribution in [3.63, 3.8) is 0 Å². The molecule has 6 heteroatoms. The van der Waals surface area contributed by atoms with E-state index in [-0.39, 0.29) is 17.5 Å². The van der Waals surface area contributed by atoms with Crippen LogP contribution < -0.4 is 11.2 Å². The highest BCUT2D eigenvalue weighted by Gasteiger charge is 2.26. The van der Waals surface area contributed by atoms with Crippen LogP contribution in [-0.4, -0.2) is 39.7 Å². The first-order valence-corrected chi connectivity index (χ1v) is 6.89. The number of H-pyrrole nitrogens is 1. The Balaban J connectivity index is 2.19. The summed E-state index contributed by atoms with van der Waals surface area (Å²) in [5.74, 6) is -0.254. The van der Waals surface area contributed by atoms with Crippen molar-refractivity contribution in [2.75, 3.05) is 20.1 Å². The Morgan fingerprint density at radius 1 is 1.24 bits per heavy atom. The van der Waals surface area contributed by atoms with Gasteiger partial charge in [-0.05, 0) is 25.6 Å². The second-order valence-electron chi connectivity index (χ2n) is 5.40. The second kappa shape index (κ2) is 5.21. The maximum absolute atomic E-state index is 12.1. The molecule has 2 heterocycles. The molecule has 2 aromatic rings. The van der Waals surface area contributed by atoms with Crippen molar-refractivity contribution < 1.29 is 5.11 Å². The van der Waals surface area contributed by atoms with E-state index in [4.69, 9.17) is 0 Å². The molecule has 1 aromatic carbocycles. The fourth-order valence-corrected chi connectivity index (χ4v) is 2.86. The van der Waals surface area contributed by atoms with Crippen LogP contribution >= 0.6 is 0 Å². The van der Waals surface area contributed by atoms with Crippen LogP contribution in [0.15, 0.2) is 39.9 Å². The first-order valence-electron chi connectivity index (χ1n) is 6.89. The molecule has 3 rings (SSSR count). The molecule has 0 aliphatic carbocycles. The van der Waals surface area contributed by atoms with Crippen molar-refractivity contribution in [3.8, 4) is 17.0 Å². The summed E-state index contributed by atoms with van der Waals surface area (Å²) in [6, 6.07) is 8.75. The molecule has 0 amide bonds. The molecular formula is C15H17N3O3. The van der Waals surface area contributed by atoms with Gasteiger partial charge < -0.3 is 10.0 Å². The quantitative estimate of drug-likeness (QED) is 0.856. The van der Waals surface area contributed by atoms with Gasteiger partial charge in [-0.1, -0.05) is 30.3 Å². The summed E-state index contributed by atoms with van der Waals surface area (Å²) >= 11 is 0. The zero-order valence-electron chi connectivity index (χ0n) is 11.7. The Kier molecular flexibility index (Phi) is 3.39. The lowest BCUT2D eigenvalue weighted by molar-refractivity contribution is 0.348. The van der Waals surface area contributed by atoms with Crippen LogP contribution in [-0.2, 0) is 0 Å². The zero-order chi connectivity index (χ0) is 15.0. The number of likely N-dealkylation sites (tertiary alicyclic amines) is 1. The third-order valence-electron chi connectivity index (χ3n) is 3.91. The Labute approximate surface area is 121 Å². The third-order valence-corrected chi connectivity index (χ3v) is 3.91. The molecule has 1 saturated heterocycles. The maximum Gasteiger partial charge on any atom is 0.331 e. The number of aromatic hydroxyl groups is 1. The van der Waals surface area contributed by atoms with Gasteiger partial charge in [0.05, 0.1) is 6.04 Å². The highest BCUT2D eigenvalue weighted by atomic mass is 16.3. The smallest absolute Gasteiger partial charge is 0.331 e. The lowest BCUT2D eigenvalue weighted by Crippen LogP contribution is -2.34. The molecule has 1 aliphatic rings. The number of hydrogen-bond donors (Lipinski definition) is 2. The number of rotatable bonds is 2. The van der Waals surface area contributed by atoms with Crippen LogP contribution in [0.1, 0.15) is 12.5 Å². The van der Waals surface area contributed by atoms with Crippen LogP contribution in [0.25, 0.3) is 11.1 Å². The summed E-state index contributed by atoms with van der Waals surface area (Å²) in [5, 5.41) is 10.5. The first-order chi connectivity index (χ1) is 10.1. The monoisotopic (exact) mass is 287 g/mol. The first kappa shape index (κ1) is 13.6. The normalized spacial score (nSPS) is 19.0. The van der Waals surface area contributed by atoms with Crippen molar-refractivity contribution in [2.45, 2.75) is 12.5 Å². The average Bonchev–Trinajstić information content (AvgIpc) is 2.85. The number of likely N-dealkylation sites (N-methyl/N-ethyl adjacent to an activating group) is 1. The van der Waals surface area contributed by atoms with E-state index in [1.165, 1.54) is 4.57 Å². The van der Waals surface area contributed by atoms with Gasteiger partial charge in [0.1, 0.15) is 5.56 Å². The largest absolute Gasteiger partial charge is 0.494 e. The van der Waals surface area contributed by atoms with Crippen molar-refractivity contribution in [2.24, 2.45) is 0 Å². The molecule has 110 valence electrons. The van der Waals surface area contributed by atoms with Gasteiger partial charge in [0.15, 0.2) is 0 Å². The minimum Gasteiger partial charge on any atom is -0.494 e. The molecule has 6 nitrogen and oxygen atoms in total. The van der Waals surface area contributed by atoms with E-state index in [0.29, 0.717) is 12.1 Å². The van der Waals surface area contributed by atoms with Gasteiger partial charge in [0.2, 0.25) is 5.88 Å². The molecule has 1 aromatic heterocycles. The van der Waals surface area contributed by atoms with E-state index in [9.17, 15) is 14.7 Å². The van der Waals surface area contributed by atoms with E-state index in [0.717, 1.165) is 13.0 Å². The van der Waals surface area contributed by atoms with Crippen molar-refractivity contribution in [1.29, 1.82) is 0 Å². The highest BCUT2D eigenvalue weighted by Crippen LogP contribution is 2.28. The van der Waals surface area contributed by atoms with Gasteiger partial charge >= 0.3 is 5.69 Å². The van der Waals surface area contributed by atoms with E-state index >= 15 is 0 Å². The summed E-state index contributed by atoms with van der Waals surface area (Å²) < 4.78 is 1.30. The summed E-state index contributed by atoms with van der Waals surface area (Å²) in [6.07, 6.45) is 0.768. The minimum absolute atomic E-state index is 0.123. The molecule has 1 atom stereocenters. The van der Waals surface area contributed by atoms with E-state index in [1.807, 2.05) is 13.1 Å². The van der Waals surface area contributed by atoms with Crippen LogP contribution in [0.3, 0.4) is 0 Å². The number of hydrogen-bond acceptors (Lipinski definition) is 4. The summed E-state index contributed by atoms with van der Waals surface area (Å²) in [4.78, 5) is 28.5. The topological polar surface area (TPSA) is 78.3 Å². The number of nitrogens with one attached hydrogen (secondary N) is 1. The van der Waals surface area contributed by atoms with E-state index in [2.05, 4.69) is 9.88 Å². The van der Waals surface area contributed by atoms with Crippen LogP contribution in [0, 0.1) is 0 Å². The van der Waals surface area contributed by atoms with E-state index < -0.39 is 11.2 Å². The molecular weight excluding hydrogens is 270 g/mol. The third kappa shape index (κ3) is 2.38. The fraction of sp³-hybridized carbons (Fsp3) is 0.333. The van der Waals surface area contributed by atoms with Gasteiger partial charge in [-0.3, -0.25) is 14.3 Å². The van der Waals surface area contributed by atoms with Crippen LogP contribution in [0.4, 0.5) is 0 Å². The second-order valence-corrected chi connectivity index (χ2v) is 5.40. The standard InChI is InChI=1S/C15H17N3O3/c1-17-8-7-11(9-17)18-14(20)12(13(19)16-15(18)21)10-5-3-2-4-6-10/h2-6,11,20H,7-9H2,1H3,(H,16,19,21). The SMILES string of the molecule is CN1CCC(n2c(O)c(-c3ccccc3)c(=O)[nH]c2=O)C1. The van der Waals surface area contributed by atoms with Gasteiger partial charge in [-0.2, -0.15) is 0 Å². The predicted octanol–water partition coefficient (Wildman–Crippen LogP) is 0.786. The number of aromatic nitrogens is 2. The van der Waals surface area contributed by atoms with Crippen molar-refractivity contribution >= 4 is 0 Å². The lowest BCUT2D eigenvalue weighted by atomic mass is 10.1. The summed E-state index contributed by atoms with van der Waals surface area (Å²) in [6.45, 7) is 1.53. The Hall–Kier alpha value is -2.34. The predicted molar refractivity (Wildman–Crippen MR) is 79.6 cm³/mol. The average molecular weight is 287 g/mol. The van der Waals surface area contributed by atoms with Gasteiger partial charge in [-0.15, -0.1) is 0 Å². The molecule has 0 bridgehead atoms. The van der Waals surface area contributed by atoms with Crippen molar-refractivity contribution in [1.82, 2.24) is 14.5 Å². The molecule has 21 heavy (non-hydrogen) atoms. The minimum atomic E-state index is -0.564. The highest BCUT2D eigenvalue weighted by molar-refractivity contribution is 5.67. The molecule has 0 saturated carbocycles. The summed E-state index contributed by atoms with van der Waals surface area (Å²) in [5.41, 5.74) is -0.384. The van der Waals surface area contributed by atoms with Gasteiger partial charge in [0, 0.05) is 6.54 Å². The molecule has 0 radical (unpaired) electrons. The van der Waals surface area contributed by atoms with Crippen LogP contribution in [0.5, 0.6) is 5.88 Å². The van der Waals surface area contributed by atoms with Crippen LogP contribution in [0.2, 0.25) is 0 Å². The summed E-state index contributed by atoms with van der Waals surface area (Å²) in [7, 11) is 1.96. The number of benzene rings is 1. The molecule has 1 unspecified atom stereocenters.